The number of aryl methyl sites for hydroxylation is 1. The van der Waals surface area contributed by atoms with Crippen LogP contribution in [-0.4, -0.2) is 13.1 Å². The molecule has 0 spiro atoms. The van der Waals surface area contributed by atoms with Gasteiger partial charge in [0.1, 0.15) is 0 Å². The van der Waals surface area contributed by atoms with Crippen LogP contribution in [0.1, 0.15) is 26.3 Å². The maximum absolute atomic E-state index is 4.61. The number of nitrogens with zero attached hydrogens (tertiary/aromatic N) is 1. The van der Waals surface area contributed by atoms with Gasteiger partial charge in [-0.3, -0.25) is 4.98 Å². The molecule has 0 amide bonds. The van der Waals surface area contributed by atoms with E-state index in [4.69, 9.17) is 0 Å². The molecule has 0 unspecified atom stereocenters. The second-order valence-electron chi connectivity index (χ2n) is 6.32. The molecular weight excluding hydrogens is 258 g/mol. The number of hydrogen-bond acceptors (Lipinski definition) is 1. The van der Waals surface area contributed by atoms with Crippen LogP contribution in [0.5, 0.6) is 0 Å². The molecule has 0 N–H and O–H groups in total. The molecule has 2 rings (SSSR count). The number of rotatable bonds is 4. The summed E-state index contributed by atoms with van der Waals surface area (Å²) >= 11 is 0. The predicted molar refractivity (Wildman–Crippen MR) is 91.3 cm³/mol. The van der Waals surface area contributed by atoms with Crippen LogP contribution in [0.25, 0.3) is 11.3 Å². The highest BCUT2D eigenvalue weighted by atomic mass is 28.3. The van der Waals surface area contributed by atoms with Gasteiger partial charge in [0.25, 0.3) is 0 Å². The van der Waals surface area contributed by atoms with E-state index in [1.54, 1.807) is 0 Å². The van der Waals surface area contributed by atoms with E-state index in [-0.39, 0.29) is 0 Å². The van der Waals surface area contributed by atoms with Crippen LogP contribution in [0.3, 0.4) is 0 Å². The van der Waals surface area contributed by atoms with Gasteiger partial charge in [0.05, 0.1) is 13.8 Å². The third-order valence-electron chi connectivity index (χ3n) is 4.62. The van der Waals surface area contributed by atoms with E-state index >= 15 is 0 Å². The van der Waals surface area contributed by atoms with Crippen molar-refractivity contribution >= 4 is 13.3 Å². The molecule has 1 aromatic heterocycles. The quantitative estimate of drug-likeness (QED) is 0.745. The second kappa shape index (κ2) is 5.92. The lowest BCUT2D eigenvalue weighted by Crippen LogP contribution is -2.44. The Morgan fingerprint density at radius 1 is 1.10 bits per heavy atom. The summed E-state index contributed by atoms with van der Waals surface area (Å²) < 4.78 is 0. The molecule has 0 fully saturated rings. The van der Waals surface area contributed by atoms with Crippen LogP contribution in [0.4, 0.5) is 0 Å². The first-order valence-electron chi connectivity index (χ1n) is 7.51. The average molecular weight is 283 g/mol. The highest BCUT2D eigenvalue weighted by molar-refractivity contribution is 6.90. The predicted octanol–water partition coefficient (Wildman–Crippen LogP) is 4.64. The summed E-state index contributed by atoms with van der Waals surface area (Å²) in [5, 5.41) is 1.50. The Morgan fingerprint density at radius 3 is 2.45 bits per heavy atom. The summed E-state index contributed by atoms with van der Waals surface area (Å²) in [4.78, 5) is 4.61. The molecule has 0 radical (unpaired) electrons. The summed E-state index contributed by atoms with van der Waals surface area (Å²) in [6.07, 6.45) is 3.03. The van der Waals surface area contributed by atoms with Crippen molar-refractivity contribution in [3.05, 3.63) is 48.2 Å². The molecule has 0 aliphatic carbocycles. The minimum absolute atomic E-state index is 0.735. The molecular formula is C18H25NSi. The Kier molecular flexibility index (Phi) is 4.44. The van der Waals surface area contributed by atoms with E-state index in [1.807, 2.05) is 6.20 Å². The first kappa shape index (κ1) is 15.0. The minimum atomic E-state index is -1.39. The maximum atomic E-state index is 4.61. The fourth-order valence-electron chi connectivity index (χ4n) is 2.39. The van der Waals surface area contributed by atoms with Crippen LogP contribution in [-0.2, 0) is 6.42 Å². The molecule has 2 aromatic rings. The van der Waals surface area contributed by atoms with Gasteiger partial charge in [0.2, 0.25) is 0 Å². The van der Waals surface area contributed by atoms with Crippen LogP contribution in [0, 0.1) is 0 Å². The first-order valence-corrected chi connectivity index (χ1v) is 10.6. The Bertz CT molecular complexity index is 587. The first-order chi connectivity index (χ1) is 9.46. The van der Waals surface area contributed by atoms with E-state index in [1.165, 1.54) is 16.3 Å². The molecule has 106 valence electrons. The fourth-order valence-corrected chi connectivity index (χ4v) is 4.07. The van der Waals surface area contributed by atoms with E-state index in [2.05, 4.69) is 75.2 Å². The Balaban J connectivity index is 2.50. The van der Waals surface area contributed by atoms with E-state index in [0.717, 1.165) is 17.7 Å². The van der Waals surface area contributed by atoms with Gasteiger partial charge in [-0.2, -0.15) is 0 Å². The Morgan fingerprint density at radius 2 is 1.80 bits per heavy atom. The monoisotopic (exact) mass is 283 g/mol. The minimum Gasteiger partial charge on any atom is -0.256 e. The smallest absolute Gasteiger partial charge is 0.0833 e. The lowest BCUT2D eigenvalue weighted by atomic mass is 10.0. The molecule has 2 heteroatoms. The van der Waals surface area contributed by atoms with E-state index < -0.39 is 8.07 Å². The summed E-state index contributed by atoms with van der Waals surface area (Å²) in [7, 11) is -1.39. The summed E-state index contributed by atoms with van der Waals surface area (Å²) in [5.74, 6) is 0. The van der Waals surface area contributed by atoms with Crippen molar-refractivity contribution in [2.24, 2.45) is 0 Å². The third kappa shape index (κ3) is 2.85. The summed E-state index contributed by atoms with van der Waals surface area (Å²) in [6, 6.07) is 13.1. The van der Waals surface area contributed by atoms with Crippen molar-refractivity contribution in [2.45, 2.75) is 45.8 Å². The van der Waals surface area contributed by atoms with Crippen molar-refractivity contribution in [1.82, 2.24) is 4.98 Å². The lowest BCUT2D eigenvalue weighted by Gasteiger charge is -2.27. The molecule has 0 saturated heterocycles. The van der Waals surface area contributed by atoms with Crippen molar-refractivity contribution < 1.29 is 0 Å². The molecule has 0 bridgehead atoms. The fraction of sp³-hybridized carbons (Fsp3) is 0.389. The molecule has 1 nitrogen and oxygen atoms in total. The summed E-state index contributed by atoms with van der Waals surface area (Å²) in [6.45, 7) is 11.8. The van der Waals surface area contributed by atoms with Gasteiger partial charge in [-0.1, -0.05) is 63.3 Å². The molecule has 0 aliphatic heterocycles. The zero-order valence-electron chi connectivity index (χ0n) is 13.3. The van der Waals surface area contributed by atoms with Crippen LogP contribution in [0.15, 0.2) is 42.6 Å². The van der Waals surface area contributed by atoms with Crippen molar-refractivity contribution in [1.29, 1.82) is 0 Å². The second-order valence-corrected chi connectivity index (χ2v) is 11.5. The van der Waals surface area contributed by atoms with Gasteiger partial charge in [-0.15, -0.1) is 0 Å². The van der Waals surface area contributed by atoms with Crippen molar-refractivity contribution in [2.75, 3.05) is 0 Å². The number of benzene rings is 1. The molecule has 1 heterocycles. The third-order valence-corrected chi connectivity index (χ3v) is 9.31. The molecule has 0 aliphatic rings. The van der Waals surface area contributed by atoms with Gasteiger partial charge in [-0.05, 0) is 29.7 Å². The maximum Gasteiger partial charge on any atom is 0.0833 e. The van der Waals surface area contributed by atoms with Crippen LogP contribution in [0.2, 0.25) is 18.6 Å². The standard InChI is InChI=1S/C18H25NSi/c1-6-15-9-7-8-10-17(15)18-13-16(11-12-19-18)20(4,5)14(2)3/h7-14H,6H2,1-5H3. The normalized spacial score (nSPS) is 11.9. The Hall–Kier alpha value is -1.41. The van der Waals surface area contributed by atoms with Gasteiger partial charge >= 0.3 is 0 Å². The van der Waals surface area contributed by atoms with E-state index in [0.29, 0.717) is 0 Å². The lowest BCUT2D eigenvalue weighted by molar-refractivity contribution is 1.02. The average Bonchev–Trinajstić information content (AvgIpc) is 2.47. The summed E-state index contributed by atoms with van der Waals surface area (Å²) in [5.41, 5.74) is 4.52. The van der Waals surface area contributed by atoms with Crippen molar-refractivity contribution in [3.8, 4) is 11.3 Å². The SMILES string of the molecule is CCc1ccccc1-c1cc([Si](C)(C)C(C)C)ccn1. The van der Waals surface area contributed by atoms with Crippen molar-refractivity contribution in [3.63, 3.8) is 0 Å². The topological polar surface area (TPSA) is 12.9 Å². The zero-order valence-corrected chi connectivity index (χ0v) is 14.3. The number of hydrogen-bond donors (Lipinski definition) is 0. The van der Waals surface area contributed by atoms with Crippen LogP contribution >= 0.6 is 0 Å². The molecule has 0 atom stereocenters. The molecule has 20 heavy (non-hydrogen) atoms. The molecule has 1 aromatic carbocycles. The zero-order chi connectivity index (χ0) is 14.8. The number of aromatic nitrogens is 1. The van der Waals surface area contributed by atoms with Gasteiger partial charge in [0, 0.05) is 11.8 Å². The Labute approximate surface area is 124 Å². The largest absolute Gasteiger partial charge is 0.256 e. The van der Waals surface area contributed by atoms with Crippen LogP contribution < -0.4 is 5.19 Å². The number of pyridine rings is 1. The molecule has 0 saturated carbocycles. The van der Waals surface area contributed by atoms with Gasteiger partial charge in [-0.25, -0.2) is 0 Å². The van der Waals surface area contributed by atoms with E-state index in [9.17, 15) is 0 Å². The van der Waals surface area contributed by atoms with Gasteiger partial charge in [0.15, 0.2) is 0 Å². The highest BCUT2D eigenvalue weighted by Crippen LogP contribution is 2.24. The van der Waals surface area contributed by atoms with Gasteiger partial charge < -0.3 is 0 Å². The highest BCUT2D eigenvalue weighted by Gasteiger charge is 2.27.